The van der Waals surface area contributed by atoms with E-state index in [-0.39, 0.29) is 0 Å². The Morgan fingerprint density at radius 2 is 1.62 bits per heavy atom. The molecule has 0 amide bonds. The number of hydrogen-bond acceptors (Lipinski definition) is 3. The molecule has 29 heavy (non-hydrogen) atoms. The first-order chi connectivity index (χ1) is 14.2. The number of rotatable bonds is 7. The molecule has 1 saturated carbocycles. The summed E-state index contributed by atoms with van der Waals surface area (Å²) in [5, 5.41) is 9.00. The van der Waals surface area contributed by atoms with Gasteiger partial charge in [-0.1, -0.05) is 68.5 Å². The van der Waals surface area contributed by atoms with E-state index in [0.29, 0.717) is 22.7 Å². The lowest BCUT2D eigenvalue weighted by molar-refractivity contribution is 0.303. The summed E-state index contributed by atoms with van der Waals surface area (Å²) in [6.07, 6.45) is 10.9. The van der Waals surface area contributed by atoms with Crippen LogP contribution >= 0.6 is 11.6 Å². The molecule has 1 fully saturated rings. The maximum absolute atomic E-state index is 6.24. The maximum atomic E-state index is 6.24. The van der Waals surface area contributed by atoms with Crippen molar-refractivity contribution in [2.75, 3.05) is 0 Å². The van der Waals surface area contributed by atoms with Crippen molar-refractivity contribution in [3.05, 3.63) is 59.1 Å². The van der Waals surface area contributed by atoms with Gasteiger partial charge < -0.3 is 4.42 Å². The lowest BCUT2D eigenvalue weighted by atomic mass is 9.77. The second kappa shape index (κ2) is 9.58. The highest BCUT2D eigenvalue weighted by molar-refractivity contribution is 6.33. The van der Waals surface area contributed by atoms with Crippen molar-refractivity contribution in [2.24, 2.45) is 5.92 Å². The lowest BCUT2D eigenvalue weighted by Gasteiger charge is -2.29. The van der Waals surface area contributed by atoms with E-state index in [2.05, 4.69) is 41.4 Å². The maximum Gasteiger partial charge on any atom is 0.249 e. The van der Waals surface area contributed by atoms with Crippen LogP contribution in [0.3, 0.4) is 0 Å². The molecule has 1 aliphatic rings. The van der Waals surface area contributed by atoms with Gasteiger partial charge in [-0.25, -0.2) is 0 Å². The van der Waals surface area contributed by atoms with Gasteiger partial charge in [-0.15, -0.1) is 10.2 Å². The van der Waals surface area contributed by atoms with Gasteiger partial charge in [-0.05, 0) is 67.3 Å². The molecule has 4 heteroatoms. The van der Waals surface area contributed by atoms with Crippen LogP contribution in [0.2, 0.25) is 5.02 Å². The van der Waals surface area contributed by atoms with Crippen LogP contribution in [-0.4, -0.2) is 10.2 Å². The normalized spacial score (nSPS) is 19.4. The summed E-state index contributed by atoms with van der Waals surface area (Å²) in [5.41, 5.74) is 3.15. The molecule has 0 unspecified atom stereocenters. The van der Waals surface area contributed by atoms with E-state index in [4.69, 9.17) is 16.0 Å². The molecule has 2 aromatic carbocycles. The number of hydrogen-bond donors (Lipinski definition) is 0. The molecule has 0 spiro atoms. The van der Waals surface area contributed by atoms with E-state index in [9.17, 15) is 0 Å². The van der Waals surface area contributed by atoms with Crippen LogP contribution in [0.1, 0.15) is 69.8 Å². The average Bonchev–Trinajstić information content (AvgIpc) is 3.25. The Morgan fingerprint density at radius 3 is 2.34 bits per heavy atom. The molecule has 0 bridgehead atoms. The monoisotopic (exact) mass is 408 g/mol. The van der Waals surface area contributed by atoms with Gasteiger partial charge in [0.05, 0.1) is 10.6 Å². The van der Waals surface area contributed by atoms with Gasteiger partial charge in [0.1, 0.15) is 0 Å². The fraction of sp³-hybridized carbons (Fsp3) is 0.440. The molecule has 0 aliphatic heterocycles. The lowest BCUT2D eigenvalue weighted by Crippen LogP contribution is -2.13. The smallest absolute Gasteiger partial charge is 0.249 e. The first-order valence-electron chi connectivity index (χ1n) is 10.9. The van der Waals surface area contributed by atoms with Gasteiger partial charge in [0, 0.05) is 5.56 Å². The van der Waals surface area contributed by atoms with Crippen molar-refractivity contribution in [1.29, 1.82) is 0 Å². The number of nitrogens with zero attached hydrogens (tertiary/aromatic N) is 2. The van der Waals surface area contributed by atoms with Crippen LogP contribution in [0.15, 0.2) is 52.9 Å². The largest absolute Gasteiger partial charge is 0.416 e. The van der Waals surface area contributed by atoms with Crippen molar-refractivity contribution in [1.82, 2.24) is 10.2 Å². The number of unbranched alkanes of at least 4 members (excludes halogenated alkanes) is 2. The molecule has 4 rings (SSSR count). The van der Waals surface area contributed by atoms with Crippen LogP contribution in [0, 0.1) is 5.92 Å². The SMILES string of the molecule is CCCCCC1CCC(c2ccc(-c3nnc(-c4ccccc4Cl)o3)cc2)CC1. The van der Waals surface area contributed by atoms with Crippen LogP contribution < -0.4 is 0 Å². The quantitative estimate of drug-likeness (QED) is 0.373. The van der Waals surface area contributed by atoms with Crippen LogP contribution in [0.4, 0.5) is 0 Å². The minimum Gasteiger partial charge on any atom is -0.416 e. The van der Waals surface area contributed by atoms with E-state index in [0.717, 1.165) is 17.0 Å². The molecule has 0 saturated heterocycles. The Hall–Kier alpha value is -2.13. The Bertz CT molecular complexity index is 911. The zero-order chi connectivity index (χ0) is 20.1. The summed E-state index contributed by atoms with van der Waals surface area (Å²) in [5.74, 6) is 2.62. The Labute approximate surface area is 178 Å². The minimum absolute atomic E-state index is 0.455. The van der Waals surface area contributed by atoms with E-state index in [1.165, 1.54) is 56.9 Å². The molecule has 1 aromatic heterocycles. The van der Waals surface area contributed by atoms with E-state index >= 15 is 0 Å². The number of benzene rings is 2. The second-order valence-corrected chi connectivity index (χ2v) is 8.63. The van der Waals surface area contributed by atoms with Crippen molar-refractivity contribution >= 4 is 11.6 Å². The zero-order valence-corrected chi connectivity index (χ0v) is 17.9. The average molecular weight is 409 g/mol. The predicted octanol–water partition coefficient (Wildman–Crippen LogP) is 7.91. The third kappa shape index (κ3) is 4.90. The van der Waals surface area contributed by atoms with Crippen molar-refractivity contribution in [3.63, 3.8) is 0 Å². The Balaban J connectivity index is 1.38. The third-order valence-electron chi connectivity index (χ3n) is 6.22. The summed E-state index contributed by atoms with van der Waals surface area (Å²) in [7, 11) is 0. The molecule has 0 N–H and O–H groups in total. The molecular weight excluding hydrogens is 380 g/mol. The Morgan fingerprint density at radius 1 is 0.897 bits per heavy atom. The Kier molecular flexibility index (Phi) is 6.66. The summed E-state index contributed by atoms with van der Waals surface area (Å²) in [4.78, 5) is 0. The molecule has 3 aromatic rings. The minimum atomic E-state index is 0.455. The zero-order valence-electron chi connectivity index (χ0n) is 17.1. The van der Waals surface area contributed by atoms with Crippen molar-refractivity contribution in [3.8, 4) is 22.9 Å². The fourth-order valence-corrected chi connectivity index (χ4v) is 4.67. The molecule has 3 nitrogen and oxygen atoms in total. The summed E-state index contributed by atoms with van der Waals surface area (Å²) < 4.78 is 5.88. The highest BCUT2D eigenvalue weighted by Gasteiger charge is 2.22. The van der Waals surface area contributed by atoms with Crippen molar-refractivity contribution < 1.29 is 4.42 Å². The van der Waals surface area contributed by atoms with E-state index in [1.807, 2.05) is 24.3 Å². The number of aromatic nitrogens is 2. The molecule has 1 aliphatic carbocycles. The first kappa shape index (κ1) is 20.2. The van der Waals surface area contributed by atoms with E-state index < -0.39 is 0 Å². The standard InChI is InChI=1S/C25H29ClN2O/c1-2-3-4-7-18-10-12-19(13-11-18)20-14-16-21(17-15-20)24-27-28-25(29-24)22-8-5-6-9-23(22)26/h5-6,8-9,14-19H,2-4,7,10-13H2,1H3. The highest BCUT2D eigenvalue weighted by Crippen LogP contribution is 2.38. The van der Waals surface area contributed by atoms with Gasteiger partial charge in [-0.3, -0.25) is 0 Å². The summed E-state index contributed by atoms with van der Waals surface area (Å²) in [6.45, 7) is 2.28. The summed E-state index contributed by atoms with van der Waals surface area (Å²) >= 11 is 6.24. The molecule has 1 heterocycles. The molecule has 152 valence electrons. The van der Waals surface area contributed by atoms with E-state index in [1.54, 1.807) is 0 Å². The van der Waals surface area contributed by atoms with Crippen LogP contribution in [-0.2, 0) is 0 Å². The molecular formula is C25H29ClN2O. The van der Waals surface area contributed by atoms with Gasteiger partial charge in [0.25, 0.3) is 0 Å². The number of halogens is 1. The summed E-state index contributed by atoms with van der Waals surface area (Å²) in [6, 6.07) is 16.2. The molecule has 0 atom stereocenters. The highest BCUT2D eigenvalue weighted by atomic mass is 35.5. The van der Waals surface area contributed by atoms with Gasteiger partial charge in [-0.2, -0.15) is 0 Å². The predicted molar refractivity (Wildman–Crippen MR) is 119 cm³/mol. The third-order valence-corrected chi connectivity index (χ3v) is 6.55. The van der Waals surface area contributed by atoms with Crippen LogP contribution in [0.25, 0.3) is 22.9 Å². The van der Waals surface area contributed by atoms with Gasteiger partial charge in [0.15, 0.2) is 0 Å². The van der Waals surface area contributed by atoms with Crippen molar-refractivity contribution in [2.45, 2.75) is 64.2 Å². The molecule has 0 radical (unpaired) electrons. The topological polar surface area (TPSA) is 38.9 Å². The fourth-order valence-electron chi connectivity index (χ4n) is 4.45. The second-order valence-electron chi connectivity index (χ2n) is 8.23. The van der Waals surface area contributed by atoms with Gasteiger partial charge in [0.2, 0.25) is 11.8 Å². The van der Waals surface area contributed by atoms with Crippen LogP contribution in [0.5, 0.6) is 0 Å². The first-order valence-corrected chi connectivity index (χ1v) is 11.3. The van der Waals surface area contributed by atoms with Gasteiger partial charge >= 0.3 is 0 Å².